The lowest BCUT2D eigenvalue weighted by Gasteiger charge is -2.19. The zero-order valence-corrected chi connectivity index (χ0v) is 12.9. The Labute approximate surface area is 131 Å². The molecule has 0 radical (unpaired) electrons. The van der Waals surface area contributed by atoms with Crippen LogP contribution in [0.1, 0.15) is 35.6 Å². The molecule has 114 valence electrons. The smallest absolute Gasteiger partial charge is 0.315 e. The molecule has 3 rings (SSSR count). The highest BCUT2D eigenvalue weighted by molar-refractivity contribution is 5.74. The SMILES string of the molecule is Cc1ccccc1CNC(=O)NC(c1ccccc1)C1CC1. The molecule has 1 atom stereocenters. The average Bonchev–Trinajstić information content (AvgIpc) is 3.37. The monoisotopic (exact) mass is 294 g/mol. The van der Waals surface area contributed by atoms with Crippen LogP contribution in [0, 0.1) is 12.8 Å². The molecule has 3 nitrogen and oxygen atoms in total. The van der Waals surface area contributed by atoms with Gasteiger partial charge >= 0.3 is 6.03 Å². The second kappa shape index (κ2) is 6.65. The number of urea groups is 1. The number of nitrogens with one attached hydrogen (secondary N) is 2. The fraction of sp³-hybridized carbons (Fsp3) is 0.316. The van der Waals surface area contributed by atoms with E-state index in [-0.39, 0.29) is 12.1 Å². The van der Waals surface area contributed by atoms with E-state index in [0.29, 0.717) is 12.5 Å². The minimum Gasteiger partial charge on any atom is -0.334 e. The maximum Gasteiger partial charge on any atom is 0.315 e. The predicted molar refractivity (Wildman–Crippen MR) is 88.5 cm³/mol. The summed E-state index contributed by atoms with van der Waals surface area (Å²) in [6.07, 6.45) is 2.38. The van der Waals surface area contributed by atoms with Gasteiger partial charge in [0.25, 0.3) is 0 Å². The van der Waals surface area contributed by atoms with Crippen molar-refractivity contribution in [2.24, 2.45) is 5.92 Å². The lowest BCUT2D eigenvalue weighted by molar-refractivity contribution is 0.235. The maximum absolute atomic E-state index is 12.2. The van der Waals surface area contributed by atoms with Gasteiger partial charge in [-0.2, -0.15) is 0 Å². The van der Waals surface area contributed by atoms with E-state index in [0.717, 1.165) is 5.56 Å². The lowest BCUT2D eigenvalue weighted by Crippen LogP contribution is -2.38. The summed E-state index contributed by atoms with van der Waals surface area (Å²) in [6, 6.07) is 18.4. The third kappa shape index (κ3) is 3.67. The normalized spacial score (nSPS) is 15.1. The molecule has 1 unspecified atom stereocenters. The zero-order valence-electron chi connectivity index (χ0n) is 12.9. The highest BCUT2D eigenvalue weighted by Crippen LogP contribution is 2.40. The molecule has 1 saturated carbocycles. The van der Waals surface area contributed by atoms with E-state index in [1.54, 1.807) is 0 Å². The molecule has 0 heterocycles. The Morgan fingerprint density at radius 1 is 1.09 bits per heavy atom. The van der Waals surface area contributed by atoms with Crippen LogP contribution < -0.4 is 10.6 Å². The van der Waals surface area contributed by atoms with Crippen molar-refractivity contribution < 1.29 is 4.79 Å². The third-order valence-corrected chi connectivity index (χ3v) is 4.24. The highest BCUT2D eigenvalue weighted by atomic mass is 16.2. The minimum absolute atomic E-state index is 0.0935. The van der Waals surface area contributed by atoms with Gasteiger partial charge in [0, 0.05) is 6.54 Å². The van der Waals surface area contributed by atoms with E-state index in [1.807, 2.05) is 36.4 Å². The average molecular weight is 294 g/mol. The van der Waals surface area contributed by atoms with Crippen molar-refractivity contribution in [2.45, 2.75) is 32.4 Å². The van der Waals surface area contributed by atoms with Crippen LogP contribution >= 0.6 is 0 Å². The molecular formula is C19H22N2O. The van der Waals surface area contributed by atoms with E-state index < -0.39 is 0 Å². The van der Waals surface area contributed by atoms with Crippen LogP contribution in [0.25, 0.3) is 0 Å². The fourth-order valence-corrected chi connectivity index (χ4v) is 2.74. The predicted octanol–water partition coefficient (Wildman–Crippen LogP) is 3.95. The molecule has 2 aromatic carbocycles. The summed E-state index contributed by atoms with van der Waals surface area (Å²) in [5.41, 5.74) is 3.54. The number of hydrogen-bond donors (Lipinski definition) is 2. The quantitative estimate of drug-likeness (QED) is 0.861. The molecule has 0 spiro atoms. The maximum atomic E-state index is 12.2. The van der Waals surface area contributed by atoms with E-state index in [9.17, 15) is 4.79 Å². The van der Waals surface area contributed by atoms with Gasteiger partial charge in [-0.3, -0.25) is 0 Å². The first-order chi connectivity index (χ1) is 10.7. The molecule has 0 aliphatic heterocycles. The second-order valence-corrected chi connectivity index (χ2v) is 5.98. The van der Waals surface area contributed by atoms with Gasteiger partial charge in [0.2, 0.25) is 0 Å². The number of carbonyl (C=O) groups excluding carboxylic acids is 1. The minimum atomic E-state index is -0.0935. The van der Waals surface area contributed by atoms with E-state index in [4.69, 9.17) is 0 Å². The first-order valence-corrected chi connectivity index (χ1v) is 7.88. The van der Waals surface area contributed by atoms with Gasteiger partial charge in [0.1, 0.15) is 0 Å². The molecule has 2 N–H and O–H groups in total. The van der Waals surface area contributed by atoms with Gasteiger partial charge < -0.3 is 10.6 Å². The summed E-state index contributed by atoms with van der Waals surface area (Å²) >= 11 is 0. The summed E-state index contributed by atoms with van der Waals surface area (Å²) in [6.45, 7) is 2.62. The second-order valence-electron chi connectivity index (χ2n) is 5.98. The van der Waals surface area contributed by atoms with Crippen molar-refractivity contribution in [1.29, 1.82) is 0 Å². The molecular weight excluding hydrogens is 272 g/mol. The number of carbonyl (C=O) groups is 1. The number of hydrogen-bond acceptors (Lipinski definition) is 1. The Morgan fingerprint density at radius 2 is 1.77 bits per heavy atom. The molecule has 1 fully saturated rings. The van der Waals surface area contributed by atoms with Gasteiger partial charge in [-0.05, 0) is 42.4 Å². The summed E-state index contributed by atoms with van der Waals surface area (Å²) in [7, 11) is 0. The van der Waals surface area contributed by atoms with Gasteiger partial charge in [-0.25, -0.2) is 4.79 Å². The van der Waals surface area contributed by atoms with Gasteiger partial charge in [-0.15, -0.1) is 0 Å². The van der Waals surface area contributed by atoms with Gasteiger partial charge in [-0.1, -0.05) is 54.6 Å². The van der Waals surface area contributed by atoms with Crippen LogP contribution in [0.15, 0.2) is 54.6 Å². The first kappa shape index (κ1) is 14.6. The summed E-state index contributed by atoms with van der Waals surface area (Å²) in [5.74, 6) is 0.576. The lowest BCUT2D eigenvalue weighted by atomic mass is 10.0. The van der Waals surface area contributed by atoms with Crippen LogP contribution in [-0.4, -0.2) is 6.03 Å². The number of aryl methyl sites for hydroxylation is 1. The van der Waals surface area contributed by atoms with Crippen LogP contribution in [0.3, 0.4) is 0 Å². The Morgan fingerprint density at radius 3 is 2.45 bits per heavy atom. The Balaban J connectivity index is 1.59. The van der Waals surface area contributed by atoms with Crippen LogP contribution in [0.4, 0.5) is 4.79 Å². The molecule has 22 heavy (non-hydrogen) atoms. The van der Waals surface area contributed by atoms with Crippen molar-refractivity contribution in [2.75, 3.05) is 0 Å². The fourth-order valence-electron chi connectivity index (χ4n) is 2.74. The topological polar surface area (TPSA) is 41.1 Å². The van der Waals surface area contributed by atoms with Crippen molar-refractivity contribution in [3.63, 3.8) is 0 Å². The first-order valence-electron chi connectivity index (χ1n) is 7.88. The van der Waals surface area contributed by atoms with Crippen molar-refractivity contribution in [3.05, 3.63) is 71.3 Å². The van der Waals surface area contributed by atoms with Gasteiger partial charge in [0.15, 0.2) is 0 Å². The largest absolute Gasteiger partial charge is 0.334 e. The zero-order chi connectivity index (χ0) is 15.4. The molecule has 1 aliphatic rings. The molecule has 2 amide bonds. The molecule has 0 aromatic heterocycles. The molecule has 0 bridgehead atoms. The molecule has 0 saturated heterocycles. The number of benzene rings is 2. The van der Waals surface area contributed by atoms with Crippen LogP contribution in [0.2, 0.25) is 0 Å². The molecule has 2 aromatic rings. The number of amides is 2. The van der Waals surface area contributed by atoms with Crippen molar-refractivity contribution >= 4 is 6.03 Å². The van der Waals surface area contributed by atoms with E-state index >= 15 is 0 Å². The molecule has 1 aliphatic carbocycles. The Hall–Kier alpha value is -2.29. The van der Waals surface area contributed by atoms with E-state index in [1.165, 1.54) is 24.0 Å². The van der Waals surface area contributed by atoms with Gasteiger partial charge in [0.05, 0.1) is 6.04 Å². The number of rotatable bonds is 5. The standard InChI is InChI=1S/C19H22N2O/c1-14-7-5-6-10-17(14)13-20-19(22)21-18(16-11-12-16)15-8-3-2-4-9-15/h2-10,16,18H,11-13H2,1H3,(H2,20,21,22). The van der Waals surface area contributed by atoms with Crippen molar-refractivity contribution in [3.8, 4) is 0 Å². The Kier molecular flexibility index (Phi) is 4.42. The summed E-state index contributed by atoms with van der Waals surface area (Å²) in [5, 5.41) is 6.11. The Bertz CT molecular complexity index is 635. The van der Waals surface area contributed by atoms with Crippen molar-refractivity contribution in [1.82, 2.24) is 10.6 Å². The molecule has 3 heteroatoms. The van der Waals surface area contributed by atoms with Crippen LogP contribution in [0.5, 0.6) is 0 Å². The third-order valence-electron chi connectivity index (χ3n) is 4.24. The van der Waals surface area contributed by atoms with Crippen LogP contribution in [-0.2, 0) is 6.54 Å². The highest BCUT2D eigenvalue weighted by Gasteiger charge is 2.33. The van der Waals surface area contributed by atoms with E-state index in [2.05, 4.69) is 35.8 Å². The summed E-state index contributed by atoms with van der Waals surface area (Å²) < 4.78 is 0. The summed E-state index contributed by atoms with van der Waals surface area (Å²) in [4.78, 5) is 12.2.